The molecule has 1 aromatic rings. The number of benzene rings is 1. The van der Waals surface area contributed by atoms with Gasteiger partial charge in [0, 0.05) is 5.56 Å². The highest BCUT2D eigenvalue weighted by atomic mass is 31.2. The number of phosphoric acid groups is 1. The van der Waals surface area contributed by atoms with E-state index in [1.807, 2.05) is 36.4 Å². The Labute approximate surface area is 121 Å². The van der Waals surface area contributed by atoms with Gasteiger partial charge in [-0.05, 0) is 26.3 Å². The molecule has 20 heavy (non-hydrogen) atoms. The summed E-state index contributed by atoms with van der Waals surface area (Å²) in [4.78, 5) is 0. The van der Waals surface area contributed by atoms with Crippen LogP contribution in [0.25, 0.3) is 5.76 Å². The van der Waals surface area contributed by atoms with Gasteiger partial charge in [0.2, 0.25) is 0 Å². The molecule has 0 N–H and O–H groups in total. The van der Waals surface area contributed by atoms with E-state index in [1.165, 1.54) is 0 Å². The summed E-state index contributed by atoms with van der Waals surface area (Å²) in [6.45, 7) is 6.13. The highest BCUT2D eigenvalue weighted by Gasteiger charge is 2.28. The average Bonchev–Trinajstić information content (AvgIpc) is 2.45. The molecule has 0 aliphatic heterocycles. The zero-order valence-corrected chi connectivity index (χ0v) is 13.3. The molecule has 1 aromatic carbocycles. The van der Waals surface area contributed by atoms with Gasteiger partial charge in [-0.2, -0.15) is 0 Å². The van der Waals surface area contributed by atoms with E-state index in [0.717, 1.165) is 18.4 Å². The maximum absolute atomic E-state index is 12.5. The standard InChI is InChI=1S/C15H23O4P/c1-4-7-13-15(14-11-9-8-10-12-14)19-20(16,17-5-2)18-6-3/h8-13H,4-7H2,1-3H3. The summed E-state index contributed by atoms with van der Waals surface area (Å²) < 4.78 is 28.4. The summed E-state index contributed by atoms with van der Waals surface area (Å²) >= 11 is 0. The molecule has 0 saturated carbocycles. The van der Waals surface area contributed by atoms with Crippen molar-refractivity contribution in [3.63, 3.8) is 0 Å². The summed E-state index contributed by atoms with van der Waals surface area (Å²) in [5, 5.41) is 0. The molecule has 4 nitrogen and oxygen atoms in total. The number of rotatable bonds is 9. The zero-order chi connectivity index (χ0) is 14.8. The highest BCUT2D eigenvalue weighted by Crippen LogP contribution is 2.52. The topological polar surface area (TPSA) is 44.8 Å². The number of allylic oxidation sites excluding steroid dienone is 1. The van der Waals surface area contributed by atoms with Gasteiger partial charge in [-0.3, -0.25) is 9.05 Å². The lowest BCUT2D eigenvalue weighted by Gasteiger charge is -2.19. The minimum Gasteiger partial charge on any atom is -0.404 e. The van der Waals surface area contributed by atoms with Crippen LogP contribution in [0.15, 0.2) is 36.4 Å². The molecule has 0 fully saturated rings. The number of hydrogen-bond donors (Lipinski definition) is 0. The van der Waals surface area contributed by atoms with Gasteiger partial charge in [0.1, 0.15) is 5.76 Å². The van der Waals surface area contributed by atoms with Gasteiger partial charge in [-0.25, -0.2) is 4.57 Å². The van der Waals surface area contributed by atoms with Crippen molar-refractivity contribution in [2.75, 3.05) is 13.2 Å². The first-order valence-corrected chi connectivity index (χ1v) is 8.45. The monoisotopic (exact) mass is 298 g/mol. The van der Waals surface area contributed by atoms with Crippen LogP contribution in [0, 0.1) is 0 Å². The van der Waals surface area contributed by atoms with E-state index in [9.17, 15) is 4.57 Å². The molecule has 1 rings (SSSR count). The Kier molecular flexibility index (Phi) is 7.60. The average molecular weight is 298 g/mol. The molecule has 0 unspecified atom stereocenters. The van der Waals surface area contributed by atoms with Gasteiger partial charge < -0.3 is 4.52 Å². The molecule has 5 heteroatoms. The molecule has 0 heterocycles. The highest BCUT2D eigenvalue weighted by molar-refractivity contribution is 7.48. The quantitative estimate of drug-likeness (QED) is 0.474. The summed E-state index contributed by atoms with van der Waals surface area (Å²) in [5.41, 5.74) is 0.862. The molecule has 0 radical (unpaired) electrons. The van der Waals surface area contributed by atoms with Crippen molar-refractivity contribution >= 4 is 13.6 Å². The van der Waals surface area contributed by atoms with Crippen LogP contribution in [-0.4, -0.2) is 13.2 Å². The molecule has 0 amide bonds. The molecular weight excluding hydrogens is 275 g/mol. The van der Waals surface area contributed by atoms with Crippen LogP contribution in [0.3, 0.4) is 0 Å². The van der Waals surface area contributed by atoms with Crippen LogP contribution < -0.4 is 0 Å². The molecule has 112 valence electrons. The molecule has 0 atom stereocenters. The van der Waals surface area contributed by atoms with Gasteiger partial charge >= 0.3 is 7.82 Å². The zero-order valence-electron chi connectivity index (χ0n) is 12.4. The maximum atomic E-state index is 12.5. The minimum absolute atomic E-state index is 0.271. The van der Waals surface area contributed by atoms with E-state index in [1.54, 1.807) is 13.8 Å². The van der Waals surface area contributed by atoms with Crippen molar-refractivity contribution in [3.05, 3.63) is 42.0 Å². The fraction of sp³-hybridized carbons (Fsp3) is 0.467. The molecule has 0 bridgehead atoms. The summed E-state index contributed by atoms with van der Waals surface area (Å²) in [7, 11) is -3.55. The third-order valence-corrected chi connectivity index (χ3v) is 4.03. The largest absolute Gasteiger partial charge is 0.530 e. The predicted octanol–water partition coefficient (Wildman–Crippen LogP) is 5.03. The van der Waals surface area contributed by atoms with Gasteiger partial charge in [0.25, 0.3) is 0 Å². The Hall–Kier alpha value is -1.09. The fourth-order valence-corrected chi connectivity index (χ4v) is 2.85. The van der Waals surface area contributed by atoms with Crippen LogP contribution in [0.2, 0.25) is 0 Å². The van der Waals surface area contributed by atoms with Crippen molar-refractivity contribution in [1.29, 1.82) is 0 Å². The summed E-state index contributed by atoms with van der Waals surface area (Å²) in [6, 6.07) is 9.55. The Bertz CT molecular complexity index is 446. The van der Waals surface area contributed by atoms with E-state index in [-0.39, 0.29) is 13.2 Å². The summed E-state index contributed by atoms with van der Waals surface area (Å²) in [6.07, 6.45) is 3.73. The van der Waals surface area contributed by atoms with Crippen LogP contribution in [0.4, 0.5) is 0 Å². The number of phosphoric ester groups is 1. The SMILES string of the molecule is CCCC=C(OP(=O)(OCC)OCC)c1ccccc1. The number of unbranched alkanes of at least 4 members (excludes halogenated alkanes) is 1. The molecule has 0 aromatic heterocycles. The fourth-order valence-electron chi connectivity index (χ4n) is 1.61. The molecule has 0 saturated heterocycles. The van der Waals surface area contributed by atoms with E-state index in [2.05, 4.69) is 6.92 Å². The first kappa shape index (κ1) is 17.0. The summed E-state index contributed by atoms with van der Waals surface area (Å²) in [5.74, 6) is 0.540. The third-order valence-electron chi connectivity index (χ3n) is 2.46. The van der Waals surface area contributed by atoms with Gasteiger partial charge in [-0.15, -0.1) is 0 Å². The second-order valence-corrected chi connectivity index (χ2v) is 5.69. The Morgan fingerprint density at radius 1 is 1.10 bits per heavy atom. The molecule has 0 aliphatic carbocycles. The smallest absolute Gasteiger partial charge is 0.404 e. The first-order chi connectivity index (χ1) is 9.65. The van der Waals surface area contributed by atoms with Crippen LogP contribution in [0.1, 0.15) is 39.2 Å². The van der Waals surface area contributed by atoms with Crippen LogP contribution in [-0.2, 0) is 18.1 Å². The van der Waals surface area contributed by atoms with Crippen LogP contribution in [0.5, 0.6) is 0 Å². The molecule has 0 spiro atoms. The van der Waals surface area contributed by atoms with Crippen molar-refractivity contribution in [3.8, 4) is 0 Å². The lowest BCUT2D eigenvalue weighted by atomic mass is 10.1. The van der Waals surface area contributed by atoms with Gasteiger partial charge in [0.15, 0.2) is 0 Å². The van der Waals surface area contributed by atoms with Crippen molar-refractivity contribution in [2.24, 2.45) is 0 Å². The first-order valence-electron chi connectivity index (χ1n) is 6.99. The van der Waals surface area contributed by atoms with Gasteiger partial charge in [-0.1, -0.05) is 43.7 Å². The molecule has 0 aliphatic rings. The lowest BCUT2D eigenvalue weighted by molar-refractivity contribution is 0.159. The maximum Gasteiger partial charge on any atom is 0.530 e. The second-order valence-electron chi connectivity index (χ2n) is 4.10. The van der Waals surface area contributed by atoms with Gasteiger partial charge in [0.05, 0.1) is 13.2 Å². The number of hydrogen-bond acceptors (Lipinski definition) is 4. The van der Waals surface area contributed by atoms with Crippen molar-refractivity contribution in [1.82, 2.24) is 0 Å². The van der Waals surface area contributed by atoms with E-state index in [0.29, 0.717) is 5.76 Å². The minimum atomic E-state index is -3.55. The van der Waals surface area contributed by atoms with E-state index < -0.39 is 7.82 Å². The molecular formula is C15H23O4P. The Morgan fingerprint density at radius 3 is 2.20 bits per heavy atom. The lowest BCUT2D eigenvalue weighted by Crippen LogP contribution is -2.00. The normalized spacial score (nSPS) is 12.4. The Balaban J connectivity index is 2.97. The predicted molar refractivity (Wildman–Crippen MR) is 81.3 cm³/mol. The van der Waals surface area contributed by atoms with E-state index in [4.69, 9.17) is 13.6 Å². The Morgan fingerprint density at radius 2 is 1.70 bits per heavy atom. The van der Waals surface area contributed by atoms with Crippen molar-refractivity contribution < 1.29 is 18.1 Å². The second kappa shape index (κ2) is 8.96. The van der Waals surface area contributed by atoms with Crippen molar-refractivity contribution in [2.45, 2.75) is 33.6 Å². The van der Waals surface area contributed by atoms with Crippen LogP contribution >= 0.6 is 7.82 Å². The van der Waals surface area contributed by atoms with E-state index >= 15 is 0 Å². The third kappa shape index (κ3) is 5.49.